The van der Waals surface area contributed by atoms with Crippen LogP contribution in [0.5, 0.6) is 0 Å². The van der Waals surface area contributed by atoms with Gasteiger partial charge in [0, 0.05) is 49.9 Å². The first kappa shape index (κ1) is 29.8. The standard InChI is InChI=1S/C26H34N4O8S2/c1-39-13-21(31)27-14-9-18(25(35)36)29(11-14)23(33)16-5-2-3-6-17(16)24(34)30-12-15(10-19(30)26(37)38)28-22(32)20-7-4-8-40-20/h4,7-8,14-19H,2-3,5-6,9-13H2,1H3,(H,27,31)(H,28,32)(H,35,36)(H,37,38)/t14-,15-,16+,17+,18-,19-/m0/s1. The van der Waals surface area contributed by atoms with Crippen LogP contribution in [0.25, 0.3) is 0 Å². The Balaban J connectivity index is 1.48. The monoisotopic (exact) mass is 594 g/mol. The summed E-state index contributed by atoms with van der Waals surface area (Å²) in [6.07, 6.45) is 4.02. The van der Waals surface area contributed by atoms with Crippen molar-refractivity contribution >= 4 is 58.7 Å². The predicted octanol–water partition coefficient (Wildman–Crippen LogP) is 0.872. The summed E-state index contributed by atoms with van der Waals surface area (Å²) < 4.78 is 0. The van der Waals surface area contributed by atoms with Crippen LogP contribution in [0.15, 0.2) is 17.5 Å². The zero-order valence-electron chi connectivity index (χ0n) is 22.1. The van der Waals surface area contributed by atoms with Gasteiger partial charge < -0.3 is 30.6 Å². The number of carboxylic acid groups (broad SMARTS) is 2. The number of thioether (sulfide) groups is 1. The first-order valence-corrected chi connectivity index (χ1v) is 15.6. The summed E-state index contributed by atoms with van der Waals surface area (Å²) in [6.45, 7) is 0.0426. The largest absolute Gasteiger partial charge is 0.480 e. The van der Waals surface area contributed by atoms with Gasteiger partial charge in [0.2, 0.25) is 17.7 Å². The minimum Gasteiger partial charge on any atom is -0.480 e. The lowest BCUT2D eigenvalue weighted by molar-refractivity contribution is -0.156. The summed E-state index contributed by atoms with van der Waals surface area (Å²) in [4.78, 5) is 79.3. The SMILES string of the molecule is CSCC(=O)N[C@H]1C[C@@H](C(=O)O)N(C(=O)[C@@H]2CCCC[C@H]2C(=O)N2C[C@@H](NC(=O)c3cccs3)C[C@H]2C(=O)O)C1. The number of nitrogens with zero attached hydrogens (tertiary/aromatic N) is 2. The van der Waals surface area contributed by atoms with Crippen molar-refractivity contribution in [1.82, 2.24) is 20.4 Å². The smallest absolute Gasteiger partial charge is 0.326 e. The fourth-order valence-corrected chi connectivity index (χ4v) is 7.02. The molecule has 218 valence electrons. The zero-order valence-corrected chi connectivity index (χ0v) is 23.7. The second kappa shape index (κ2) is 13.0. The van der Waals surface area contributed by atoms with Crippen molar-refractivity contribution in [2.24, 2.45) is 11.8 Å². The highest BCUT2D eigenvalue weighted by Gasteiger charge is 2.49. The number of amides is 4. The molecule has 40 heavy (non-hydrogen) atoms. The molecule has 3 heterocycles. The summed E-state index contributed by atoms with van der Waals surface area (Å²) in [5.74, 6) is -5.23. The van der Waals surface area contributed by atoms with Crippen molar-refractivity contribution in [2.45, 2.75) is 62.7 Å². The number of nitrogens with one attached hydrogen (secondary N) is 2. The fourth-order valence-electron chi connectivity index (χ4n) is 6.05. The second-order valence-corrected chi connectivity index (χ2v) is 12.3. The van der Waals surface area contributed by atoms with Crippen molar-refractivity contribution in [2.75, 3.05) is 25.1 Å². The maximum Gasteiger partial charge on any atom is 0.326 e. The van der Waals surface area contributed by atoms with Crippen molar-refractivity contribution in [1.29, 1.82) is 0 Å². The molecule has 1 aromatic heterocycles. The normalized spacial score (nSPS) is 28.2. The number of carboxylic acids is 2. The summed E-state index contributed by atoms with van der Waals surface area (Å²) >= 11 is 2.59. The lowest BCUT2D eigenvalue weighted by atomic mass is 9.77. The number of aliphatic carboxylic acids is 2. The molecule has 3 fully saturated rings. The molecule has 12 nitrogen and oxygen atoms in total. The van der Waals surface area contributed by atoms with Crippen molar-refractivity contribution < 1.29 is 39.0 Å². The number of likely N-dealkylation sites (tertiary alicyclic amines) is 2. The summed E-state index contributed by atoms with van der Waals surface area (Å²) in [7, 11) is 0. The van der Waals surface area contributed by atoms with Crippen LogP contribution in [0, 0.1) is 11.8 Å². The summed E-state index contributed by atoms with van der Waals surface area (Å²) in [5.41, 5.74) is 0. The van der Waals surface area contributed by atoms with E-state index in [4.69, 9.17) is 0 Å². The van der Waals surface area contributed by atoms with E-state index in [1.807, 2.05) is 0 Å². The Hall–Kier alpha value is -3.13. The van der Waals surface area contributed by atoms with E-state index in [0.717, 1.165) is 0 Å². The minimum absolute atomic E-state index is 0.00926. The second-order valence-electron chi connectivity index (χ2n) is 10.5. The lowest BCUT2D eigenvalue weighted by Gasteiger charge is -2.36. The molecular formula is C26H34N4O8S2. The van der Waals surface area contributed by atoms with Gasteiger partial charge in [-0.2, -0.15) is 11.8 Å². The van der Waals surface area contributed by atoms with Gasteiger partial charge in [0.05, 0.1) is 10.6 Å². The van der Waals surface area contributed by atoms with Crippen LogP contribution in [0.3, 0.4) is 0 Å². The van der Waals surface area contributed by atoms with Crippen molar-refractivity contribution in [3.63, 3.8) is 0 Å². The maximum atomic E-state index is 13.8. The van der Waals surface area contributed by atoms with E-state index in [9.17, 15) is 39.0 Å². The molecule has 2 aliphatic heterocycles. The maximum absolute atomic E-state index is 13.8. The Morgan fingerprint density at radius 3 is 1.88 bits per heavy atom. The topological polar surface area (TPSA) is 173 Å². The number of rotatable bonds is 9. The van der Waals surface area contributed by atoms with Gasteiger partial charge in [0.1, 0.15) is 12.1 Å². The third-order valence-corrected chi connectivity index (χ3v) is 9.28. The van der Waals surface area contributed by atoms with E-state index in [1.54, 1.807) is 23.8 Å². The van der Waals surface area contributed by atoms with Gasteiger partial charge in [-0.25, -0.2) is 9.59 Å². The van der Waals surface area contributed by atoms with Gasteiger partial charge in [-0.15, -0.1) is 11.3 Å². The Kier molecular flexibility index (Phi) is 9.72. The molecular weight excluding hydrogens is 560 g/mol. The molecule has 1 aliphatic carbocycles. The Bertz CT molecular complexity index is 1150. The third-order valence-electron chi connectivity index (χ3n) is 7.86. The molecule has 6 atom stereocenters. The lowest BCUT2D eigenvalue weighted by Crippen LogP contribution is -2.51. The van der Waals surface area contributed by atoms with E-state index in [-0.39, 0.29) is 43.5 Å². The number of hydrogen-bond donors (Lipinski definition) is 4. The van der Waals surface area contributed by atoms with E-state index in [0.29, 0.717) is 30.6 Å². The predicted molar refractivity (Wildman–Crippen MR) is 147 cm³/mol. The number of carbonyl (C=O) groups is 6. The summed E-state index contributed by atoms with van der Waals surface area (Å²) in [5, 5.41) is 27.0. The van der Waals surface area contributed by atoms with Crippen molar-refractivity contribution in [3.8, 4) is 0 Å². The zero-order chi connectivity index (χ0) is 29.0. The van der Waals surface area contributed by atoms with Crippen LogP contribution < -0.4 is 10.6 Å². The molecule has 3 aliphatic rings. The molecule has 0 spiro atoms. The third kappa shape index (κ3) is 6.60. The number of hydrogen-bond acceptors (Lipinski definition) is 8. The van der Waals surface area contributed by atoms with E-state index >= 15 is 0 Å². The Morgan fingerprint density at radius 1 is 0.900 bits per heavy atom. The molecule has 0 unspecified atom stereocenters. The molecule has 14 heteroatoms. The van der Waals surface area contributed by atoms with Gasteiger partial charge in [-0.05, 0) is 30.5 Å². The van der Waals surface area contributed by atoms with E-state index < -0.39 is 59.8 Å². The fraction of sp³-hybridized carbons (Fsp3) is 0.615. The highest BCUT2D eigenvalue weighted by atomic mass is 32.2. The highest BCUT2D eigenvalue weighted by Crippen LogP contribution is 2.36. The molecule has 0 bridgehead atoms. The number of thiophene rings is 1. The number of carbonyl (C=O) groups excluding carboxylic acids is 4. The average molecular weight is 595 g/mol. The van der Waals surface area contributed by atoms with Crippen LogP contribution in [-0.2, 0) is 24.0 Å². The summed E-state index contributed by atoms with van der Waals surface area (Å²) in [6, 6.07) is 0.0588. The quantitative estimate of drug-likeness (QED) is 0.324. The molecule has 1 saturated carbocycles. The van der Waals surface area contributed by atoms with Crippen molar-refractivity contribution in [3.05, 3.63) is 22.4 Å². The van der Waals surface area contributed by atoms with Gasteiger partial charge in [-0.1, -0.05) is 18.9 Å². The molecule has 4 amide bonds. The molecule has 2 saturated heterocycles. The van der Waals surface area contributed by atoms with Crippen LogP contribution in [-0.4, -0.2) is 105 Å². The van der Waals surface area contributed by atoms with Gasteiger partial charge in [0.15, 0.2) is 0 Å². The molecule has 1 aromatic rings. The highest BCUT2D eigenvalue weighted by molar-refractivity contribution is 7.99. The first-order chi connectivity index (χ1) is 19.1. The van der Waals surface area contributed by atoms with Gasteiger partial charge in [-0.3, -0.25) is 19.2 Å². The van der Waals surface area contributed by atoms with Crippen LogP contribution in [0.2, 0.25) is 0 Å². The van der Waals surface area contributed by atoms with Crippen LogP contribution in [0.1, 0.15) is 48.2 Å². The van der Waals surface area contributed by atoms with Gasteiger partial charge in [0.25, 0.3) is 5.91 Å². The van der Waals surface area contributed by atoms with Crippen LogP contribution >= 0.6 is 23.1 Å². The minimum atomic E-state index is -1.19. The Labute approximate surface area is 239 Å². The van der Waals surface area contributed by atoms with Gasteiger partial charge >= 0.3 is 11.9 Å². The first-order valence-electron chi connectivity index (χ1n) is 13.3. The van der Waals surface area contributed by atoms with Crippen LogP contribution in [0.4, 0.5) is 0 Å². The average Bonchev–Trinajstić information content (AvgIpc) is 3.68. The Morgan fingerprint density at radius 2 is 1.43 bits per heavy atom. The molecule has 4 rings (SSSR count). The molecule has 0 radical (unpaired) electrons. The van der Waals surface area contributed by atoms with E-state index in [2.05, 4.69) is 10.6 Å². The molecule has 0 aromatic carbocycles. The van der Waals surface area contributed by atoms with E-state index in [1.165, 1.54) is 32.9 Å². The molecule has 4 N–H and O–H groups in total.